The van der Waals surface area contributed by atoms with Crippen LogP contribution in [0.25, 0.3) is 0 Å². The van der Waals surface area contributed by atoms with Gasteiger partial charge in [0.25, 0.3) is 0 Å². The second-order valence-electron chi connectivity index (χ2n) is 3.05. The van der Waals surface area contributed by atoms with Crippen molar-refractivity contribution in [3.63, 3.8) is 0 Å². The summed E-state index contributed by atoms with van der Waals surface area (Å²) >= 11 is 0. The van der Waals surface area contributed by atoms with E-state index in [1.807, 2.05) is 25.1 Å². The molecule has 0 unspecified atom stereocenters. The highest BCUT2D eigenvalue weighted by molar-refractivity contribution is 5.86. The predicted octanol–water partition coefficient (Wildman–Crippen LogP) is 1.15. The van der Waals surface area contributed by atoms with Gasteiger partial charge in [0.2, 0.25) is 0 Å². The Balaban J connectivity index is 3.19. The summed E-state index contributed by atoms with van der Waals surface area (Å²) in [6.07, 6.45) is 0. The number of carbonyl (C=O) groups is 1. The van der Waals surface area contributed by atoms with Crippen LogP contribution in [0.3, 0.4) is 0 Å². The van der Waals surface area contributed by atoms with Crippen molar-refractivity contribution < 1.29 is 9.90 Å². The molecule has 1 rings (SSSR count). The molecule has 0 amide bonds. The smallest absolute Gasteiger partial charge is 0.354 e. The SMILES string of the molecule is Cc1cc(N(C)C)cc(C(=O)O)n1. The lowest BCUT2D eigenvalue weighted by Gasteiger charge is -2.13. The number of nitrogens with zero attached hydrogens (tertiary/aromatic N) is 2. The molecule has 0 aliphatic heterocycles. The zero-order valence-electron chi connectivity index (χ0n) is 7.90. The molecule has 1 heterocycles. The van der Waals surface area contributed by atoms with Crippen LogP contribution in [0.15, 0.2) is 12.1 Å². The van der Waals surface area contributed by atoms with Crippen LogP contribution in [-0.4, -0.2) is 30.2 Å². The van der Waals surface area contributed by atoms with Crippen LogP contribution in [0.4, 0.5) is 5.69 Å². The van der Waals surface area contributed by atoms with Crippen molar-refractivity contribution in [3.8, 4) is 0 Å². The van der Waals surface area contributed by atoms with Gasteiger partial charge in [-0.1, -0.05) is 0 Å². The minimum Gasteiger partial charge on any atom is -0.477 e. The van der Waals surface area contributed by atoms with Crippen LogP contribution in [0, 0.1) is 6.92 Å². The molecule has 0 saturated heterocycles. The zero-order chi connectivity index (χ0) is 10.0. The summed E-state index contributed by atoms with van der Waals surface area (Å²) < 4.78 is 0. The number of anilines is 1. The molecule has 13 heavy (non-hydrogen) atoms. The molecule has 0 aliphatic carbocycles. The number of carboxylic acids is 1. The first-order valence-corrected chi connectivity index (χ1v) is 3.90. The molecule has 0 fully saturated rings. The normalized spacial score (nSPS) is 9.77. The van der Waals surface area contributed by atoms with Crippen LogP contribution < -0.4 is 4.90 Å². The van der Waals surface area contributed by atoms with Gasteiger partial charge in [-0.15, -0.1) is 0 Å². The second-order valence-corrected chi connectivity index (χ2v) is 3.05. The van der Waals surface area contributed by atoms with Gasteiger partial charge in [-0.3, -0.25) is 0 Å². The summed E-state index contributed by atoms with van der Waals surface area (Å²) in [6.45, 7) is 1.78. The molecule has 0 aliphatic rings. The lowest BCUT2D eigenvalue weighted by Crippen LogP contribution is -2.11. The van der Waals surface area contributed by atoms with Gasteiger partial charge in [-0.05, 0) is 19.1 Å². The number of hydrogen-bond donors (Lipinski definition) is 1. The molecule has 0 atom stereocenters. The first-order valence-electron chi connectivity index (χ1n) is 3.90. The van der Waals surface area contributed by atoms with Crippen LogP contribution in [-0.2, 0) is 0 Å². The van der Waals surface area contributed by atoms with E-state index < -0.39 is 5.97 Å². The van der Waals surface area contributed by atoms with Crippen LogP contribution in [0.5, 0.6) is 0 Å². The number of carboxylic acid groups (broad SMARTS) is 1. The van der Waals surface area contributed by atoms with E-state index in [0.717, 1.165) is 5.69 Å². The third-order valence-electron chi connectivity index (χ3n) is 1.67. The molecular weight excluding hydrogens is 168 g/mol. The maximum absolute atomic E-state index is 10.6. The average Bonchev–Trinajstić information content (AvgIpc) is 2.03. The Labute approximate surface area is 76.8 Å². The standard InChI is InChI=1S/C9H12N2O2/c1-6-4-7(11(2)3)5-8(10-6)9(12)13/h4-5H,1-3H3,(H,12,13). The number of pyridine rings is 1. The van der Waals surface area contributed by atoms with Crippen LogP contribution in [0.1, 0.15) is 16.2 Å². The van der Waals surface area contributed by atoms with E-state index in [0.29, 0.717) is 5.69 Å². The Morgan fingerprint density at radius 1 is 1.46 bits per heavy atom. The Hall–Kier alpha value is -1.58. The Kier molecular flexibility index (Phi) is 2.51. The van der Waals surface area contributed by atoms with Gasteiger partial charge in [0.05, 0.1) is 0 Å². The van der Waals surface area contributed by atoms with Crippen molar-refractivity contribution in [1.82, 2.24) is 4.98 Å². The molecule has 0 saturated carbocycles. The first-order chi connectivity index (χ1) is 6.00. The fourth-order valence-corrected chi connectivity index (χ4v) is 1.02. The maximum Gasteiger partial charge on any atom is 0.354 e. The highest BCUT2D eigenvalue weighted by atomic mass is 16.4. The number of aromatic carboxylic acids is 1. The lowest BCUT2D eigenvalue weighted by molar-refractivity contribution is 0.0690. The molecular formula is C9H12N2O2. The molecule has 4 heteroatoms. The number of hydrogen-bond acceptors (Lipinski definition) is 3. The van der Waals surface area contributed by atoms with E-state index in [1.165, 1.54) is 0 Å². The first kappa shape index (κ1) is 9.51. The summed E-state index contributed by atoms with van der Waals surface area (Å²) in [5.41, 5.74) is 1.65. The number of aromatic nitrogens is 1. The van der Waals surface area contributed by atoms with Crippen LogP contribution >= 0.6 is 0 Å². The van der Waals surface area contributed by atoms with Gasteiger partial charge < -0.3 is 10.0 Å². The largest absolute Gasteiger partial charge is 0.477 e. The lowest BCUT2D eigenvalue weighted by atomic mass is 10.2. The van der Waals surface area contributed by atoms with Crippen LogP contribution in [0.2, 0.25) is 0 Å². The summed E-state index contributed by atoms with van der Waals surface area (Å²) in [5, 5.41) is 8.73. The van der Waals surface area contributed by atoms with Gasteiger partial charge in [0.1, 0.15) is 0 Å². The number of rotatable bonds is 2. The molecule has 0 aromatic carbocycles. The fourth-order valence-electron chi connectivity index (χ4n) is 1.02. The van der Waals surface area contributed by atoms with Gasteiger partial charge in [0.15, 0.2) is 5.69 Å². The third-order valence-corrected chi connectivity index (χ3v) is 1.67. The van der Waals surface area contributed by atoms with Gasteiger partial charge in [-0.25, -0.2) is 9.78 Å². The van der Waals surface area contributed by atoms with Gasteiger partial charge in [0, 0.05) is 25.5 Å². The average molecular weight is 180 g/mol. The molecule has 1 N–H and O–H groups in total. The van der Waals surface area contributed by atoms with Crippen molar-refractivity contribution in [3.05, 3.63) is 23.5 Å². The van der Waals surface area contributed by atoms with Gasteiger partial charge >= 0.3 is 5.97 Å². The van der Waals surface area contributed by atoms with Crippen molar-refractivity contribution in [2.45, 2.75) is 6.92 Å². The minimum atomic E-state index is -0.994. The predicted molar refractivity (Wildman–Crippen MR) is 50.3 cm³/mol. The highest BCUT2D eigenvalue weighted by Gasteiger charge is 2.07. The molecule has 0 radical (unpaired) electrons. The molecule has 70 valence electrons. The number of aryl methyl sites for hydroxylation is 1. The Morgan fingerprint density at radius 2 is 2.08 bits per heavy atom. The van der Waals surface area contributed by atoms with E-state index in [4.69, 9.17) is 5.11 Å². The molecule has 4 nitrogen and oxygen atoms in total. The Bertz CT molecular complexity index is 334. The minimum absolute atomic E-state index is 0.0868. The van der Waals surface area contributed by atoms with Crippen molar-refractivity contribution in [2.75, 3.05) is 19.0 Å². The van der Waals surface area contributed by atoms with E-state index in [-0.39, 0.29) is 5.69 Å². The summed E-state index contributed by atoms with van der Waals surface area (Å²) in [4.78, 5) is 16.4. The monoisotopic (exact) mass is 180 g/mol. The quantitative estimate of drug-likeness (QED) is 0.741. The topological polar surface area (TPSA) is 53.4 Å². The van der Waals surface area contributed by atoms with E-state index in [9.17, 15) is 4.79 Å². The zero-order valence-corrected chi connectivity index (χ0v) is 7.90. The summed E-state index contributed by atoms with van der Waals surface area (Å²) in [6, 6.07) is 3.39. The van der Waals surface area contributed by atoms with E-state index in [2.05, 4.69) is 4.98 Å². The molecule has 1 aromatic heterocycles. The molecule has 1 aromatic rings. The fraction of sp³-hybridized carbons (Fsp3) is 0.333. The van der Waals surface area contributed by atoms with Crippen molar-refractivity contribution in [2.24, 2.45) is 0 Å². The highest BCUT2D eigenvalue weighted by Crippen LogP contribution is 2.13. The van der Waals surface area contributed by atoms with E-state index in [1.54, 1.807) is 13.0 Å². The molecule has 0 bridgehead atoms. The summed E-state index contributed by atoms with van der Waals surface area (Å²) in [7, 11) is 3.72. The van der Waals surface area contributed by atoms with Crippen molar-refractivity contribution in [1.29, 1.82) is 0 Å². The van der Waals surface area contributed by atoms with Crippen molar-refractivity contribution >= 4 is 11.7 Å². The third kappa shape index (κ3) is 2.18. The van der Waals surface area contributed by atoms with E-state index >= 15 is 0 Å². The summed E-state index contributed by atoms with van der Waals surface area (Å²) in [5.74, 6) is -0.994. The van der Waals surface area contributed by atoms with Gasteiger partial charge in [-0.2, -0.15) is 0 Å². The Morgan fingerprint density at radius 3 is 2.54 bits per heavy atom. The maximum atomic E-state index is 10.6. The second kappa shape index (κ2) is 3.43. The molecule has 0 spiro atoms.